The van der Waals surface area contributed by atoms with Crippen LogP contribution in [0.25, 0.3) is 0 Å². The van der Waals surface area contributed by atoms with Crippen LogP contribution in [0.15, 0.2) is 17.0 Å². The summed E-state index contributed by atoms with van der Waals surface area (Å²) in [6, 6.07) is 2.97. The third kappa shape index (κ3) is 4.63. The first-order valence-corrected chi connectivity index (χ1v) is 8.24. The van der Waals surface area contributed by atoms with Crippen LogP contribution < -0.4 is 9.46 Å². The lowest BCUT2D eigenvalue weighted by Gasteiger charge is -2.14. The van der Waals surface area contributed by atoms with Gasteiger partial charge in [0, 0.05) is 11.6 Å². The maximum absolute atomic E-state index is 12.2. The molecule has 5 nitrogen and oxygen atoms in total. The van der Waals surface area contributed by atoms with Gasteiger partial charge in [0.1, 0.15) is 10.6 Å². The summed E-state index contributed by atoms with van der Waals surface area (Å²) in [6.07, 6.45) is -0.00636. The molecule has 0 radical (unpaired) electrons. The molecular weight excluding hydrogens is 302 g/mol. The molecule has 0 aliphatic heterocycles. The van der Waals surface area contributed by atoms with E-state index in [-0.39, 0.29) is 17.2 Å². The number of halogens is 1. The Morgan fingerprint density at radius 1 is 1.45 bits per heavy atom. The zero-order chi connectivity index (χ0) is 15.3. The summed E-state index contributed by atoms with van der Waals surface area (Å²) < 4.78 is 32.2. The number of aliphatic hydroxyl groups excluding tert-OH is 1. The van der Waals surface area contributed by atoms with Crippen molar-refractivity contribution in [3.05, 3.63) is 22.7 Å². The monoisotopic (exact) mass is 321 g/mol. The predicted molar refractivity (Wildman–Crippen MR) is 78.8 cm³/mol. The minimum absolute atomic E-state index is 0.0119. The van der Waals surface area contributed by atoms with Gasteiger partial charge in [-0.3, -0.25) is 0 Å². The smallest absolute Gasteiger partial charge is 0.244 e. The molecular formula is C13H20ClNO4S. The Balaban J connectivity index is 3.16. The van der Waals surface area contributed by atoms with E-state index in [2.05, 4.69) is 4.72 Å². The molecule has 114 valence electrons. The van der Waals surface area contributed by atoms with Crippen molar-refractivity contribution in [2.45, 2.75) is 38.2 Å². The minimum atomic E-state index is -3.78. The van der Waals surface area contributed by atoms with Gasteiger partial charge in [-0.1, -0.05) is 18.5 Å². The fraction of sp³-hybridized carbons (Fsp3) is 0.538. The van der Waals surface area contributed by atoms with Gasteiger partial charge in [-0.05, 0) is 38.0 Å². The van der Waals surface area contributed by atoms with E-state index in [4.69, 9.17) is 16.3 Å². The van der Waals surface area contributed by atoms with Crippen LogP contribution in [0.3, 0.4) is 0 Å². The number of aryl methyl sites for hydroxylation is 1. The van der Waals surface area contributed by atoms with Gasteiger partial charge in [0.2, 0.25) is 10.0 Å². The lowest BCUT2D eigenvalue weighted by Crippen LogP contribution is -2.31. The van der Waals surface area contributed by atoms with Crippen molar-refractivity contribution in [2.75, 3.05) is 13.2 Å². The molecule has 0 bridgehead atoms. The van der Waals surface area contributed by atoms with Crippen LogP contribution in [0, 0.1) is 6.92 Å². The highest BCUT2D eigenvalue weighted by molar-refractivity contribution is 7.89. The molecule has 1 unspecified atom stereocenters. The molecule has 1 rings (SSSR count). The van der Waals surface area contributed by atoms with Crippen molar-refractivity contribution in [3.8, 4) is 5.75 Å². The van der Waals surface area contributed by atoms with Crippen molar-refractivity contribution in [1.29, 1.82) is 0 Å². The molecule has 1 aromatic carbocycles. The summed E-state index contributed by atoms with van der Waals surface area (Å²) in [7, 11) is -3.78. The molecule has 0 saturated carbocycles. The van der Waals surface area contributed by atoms with E-state index in [9.17, 15) is 13.5 Å². The van der Waals surface area contributed by atoms with Gasteiger partial charge in [-0.15, -0.1) is 0 Å². The van der Waals surface area contributed by atoms with E-state index in [1.54, 1.807) is 13.0 Å². The number of hydrogen-bond acceptors (Lipinski definition) is 4. The van der Waals surface area contributed by atoms with Crippen molar-refractivity contribution in [1.82, 2.24) is 4.72 Å². The Morgan fingerprint density at radius 3 is 2.65 bits per heavy atom. The third-order valence-electron chi connectivity index (χ3n) is 2.54. The van der Waals surface area contributed by atoms with Crippen LogP contribution in [-0.4, -0.2) is 32.8 Å². The molecule has 2 N–H and O–H groups in total. The van der Waals surface area contributed by atoms with Crippen molar-refractivity contribution < 1.29 is 18.3 Å². The topological polar surface area (TPSA) is 75.6 Å². The van der Waals surface area contributed by atoms with Crippen molar-refractivity contribution >= 4 is 21.6 Å². The summed E-state index contributed by atoms with van der Waals surface area (Å²) in [5, 5.41) is 9.54. The highest BCUT2D eigenvalue weighted by Crippen LogP contribution is 2.30. The van der Waals surface area contributed by atoms with Crippen LogP contribution in [0.5, 0.6) is 5.75 Å². The second-order valence-corrected chi connectivity index (χ2v) is 6.74. The Morgan fingerprint density at radius 2 is 2.10 bits per heavy atom. The maximum atomic E-state index is 12.2. The quantitative estimate of drug-likeness (QED) is 0.806. The zero-order valence-electron chi connectivity index (χ0n) is 11.8. The first kappa shape index (κ1) is 17.2. The fourth-order valence-electron chi connectivity index (χ4n) is 1.48. The molecule has 1 aromatic rings. The zero-order valence-corrected chi connectivity index (χ0v) is 13.4. The maximum Gasteiger partial charge on any atom is 0.244 e. The SMILES string of the molecule is CCCOc1cc(C)c(Cl)cc1S(=O)(=O)NCC(C)O. The van der Waals surface area contributed by atoms with E-state index in [1.165, 1.54) is 13.0 Å². The first-order chi connectivity index (χ1) is 9.27. The van der Waals surface area contributed by atoms with E-state index in [0.29, 0.717) is 11.6 Å². The van der Waals surface area contributed by atoms with Gasteiger partial charge in [0.25, 0.3) is 0 Å². The van der Waals surface area contributed by atoms with Crippen LogP contribution in [-0.2, 0) is 10.0 Å². The van der Waals surface area contributed by atoms with Gasteiger partial charge < -0.3 is 9.84 Å². The Kier molecular flexibility index (Phi) is 6.26. The number of nitrogens with one attached hydrogen (secondary N) is 1. The van der Waals surface area contributed by atoms with Gasteiger partial charge >= 0.3 is 0 Å². The molecule has 7 heteroatoms. The standard InChI is InChI=1S/C13H20ClNO4S/c1-4-5-19-12-6-9(2)11(14)7-13(12)20(17,18)15-8-10(3)16/h6-7,10,15-16H,4-5,8H2,1-3H3. The summed E-state index contributed by atoms with van der Waals surface area (Å²) in [6.45, 7) is 5.56. The summed E-state index contributed by atoms with van der Waals surface area (Å²) in [5.74, 6) is 0.270. The molecule has 0 heterocycles. The molecule has 0 saturated heterocycles. The van der Waals surface area contributed by atoms with E-state index in [1.807, 2.05) is 6.92 Å². The average Bonchev–Trinajstić information content (AvgIpc) is 2.37. The Hall–Kier alpha value is -0.820. The minimum Gasteiger partial charge on any atom is -0.492 e. The molecule has 0 aliphatic carbocycles. The fourth-order valence-corrected chi connectivity index (χ4v) is 2.98. The summed E-state index contributed by atoms with van der Waals surface area (Å²) >= 11 is 5.99. The van der Waals surface area contributed by atoms with Crippen molar-refractivity contribution in [2.24, 2.45) is 0 Å². The van der Waals surface area contributed by atoms with E-state index >= 15 is 0 Å². The predicted octanol–water partition coefficient (Wildman–Crippen LogP) is 2.10. The normalized spacial score (nSPS) is 13.2. The van der Waals surface area contributed by atoms with Crippen molar-refractivity contribution in [3.63, 3.8) is 0 Å². The first-order valence-electron chi connectivity index (χ1n) is 6.38. The number of sulfonamides is 1. The third-order valence-corrected chi connectivity index (χ3v) is 4.40. The summed E-state index contributed by atoms with van der Waals surface area (Å²) in [5.41, 5.74) is 0.743. The average molecular weight is 322 g/mol. The van der Waals surface area contributed by atoms with Crippen LogP contribution in [0.1, 0.15) is 25.8 Å². The van der Waals surface area contributed by atoms with Crippen LogP contribution in [0.4, 0.5) is 0 Å². The molecule has 20 heavy (non-hydrogen) atoms. The molecule has 0 fully saturated rings. The summed E-state index contributed by atoms with van der Waals surface area (Å²) in [4.78, 5) is -0.0119. The largest absolute Gasteiger partial charge is 0.492 e. The lowest BCUT2D eigenvalue weighted by molar-refractivity contribution is 0.198. The van der Waals surface area contributed by atoms with E-state index < -0.39 is 16.1 Å². The second kappa shape index (κ2) is 7.26. The van der Waals surface area contributed by atoms with Gasteiger partial charge in [0.15, 0.2) is 0 Å². The number of hydrogen-bond donors (Lipinski definition) is 2. The van der Waals surface area contributed by atoms with Gasteiger partial charge in [-0.25, -0.2) is 13.1 Å². The number of ether oxygens (including phenoxy) is 1. The molecule has 0 spiro atoms. The molecule has 0 aliphatic rings. The highest BCUT2D eigenvalue weighted by atomic mass is 35.5. The van der Waals surface area contributed by atoms with Crippen LogP contribution in [0.2, 0.25) is 5.02 Å². The Labute approximate surface area is 125 Å². The Bertz CT molecular complexity index is 558. The van der Waals surface area contributed by atoms with E-state index in [0.717, 1.165) is 12.0 Å². The second-order valence-electron chi connectivity index (χ2n) is 4.60. The highest BCUT2D eigenvalue weighted by Gasteiger charge is 2.21. The van der Waals surface area contributed by atoms with Gasteiger partial charge in [0.05, 0.1) is 12.7 Å². The lowest BCUT2D eigenvalue weighted by atomic mass is 10.2. The number of aliphatic hydroxyl groups is 1. The number of rotatable bonds is 7. The van der Waals surface area contributed by atoms with Crippen LogP contribution >= 0.6 is 11.6 Å². The molecule has 0 aromatic heterocycles. The molecule has 1 atom stereocenters. The van der Waals surface area contributed by atoms with Gasteiger partial charge in [-0.2, -0.15) is 0 Å². The molecule has 0 amide bonds. The number of benzene rings is 1.